The average Bonchev–Trinajstić information content (AvgIpc) is 3.06. The van der Waals surface area contributed by atoms with Crippen LogP contribution in [0.5, 0.6) is 0 Å². The van der Waals surface area contributed by atoms with Crippen LogP contribution in [0.1, 0.15) is 56.9 Å². The Labute approximate surface area is 165 Å². The summed E-state index contributed by atoms with van der Waals surface area (Å²) in [5.41, 5.74) is 0.495. The molecule has 0 atom stereocenters. The summed E-state index contributed by atoms with van der Waals surface area (Å²) in [7, 11) is 1.63. The van der Waals surface area contributed by atoms with Crippen LogP contribution in [-0.4, -0.2) is 40.3 Å². The summed E-state index contributed by atoms with van der Waals surface area (Å²) in [6, 6.07) is 0. The largest absolute Gasteiger partial charge is 0.462 e. The van der Waals surface area contributed by atoms with E-state index in [0.717, 1.165) is 11.3 Å². The Morgan fingerprint density at radius 2 is 2.00 bits per heavy atom. The number of aryl methyl sites for hydroxylation is 1. The van der Waals surface area contributed by atoms with Crippen molar-refractivity contribution in [2.24, 2.45) is 7.05 Å². The number of thiophene rings is 1. The molecule has 0 saturated heterocycles. The van der Waals surface area contributed by atoms with Crippen LogP contribution < -0.4 is 5.32 Å². The number of carbonyl (C=O) groups is 3. The first kappa shape index (κ1) is 20.9. The van der Waals surface area contributed by atoms with Gasteiger partial charge in [-0.3, -0.25) is 9.48 Å². The predicted octanol–water partition coefficient (Wildman–Crippen LogP) is 3.44. The van der Waals surface area contributed by atoms with Crippen molar-refractivity contribution in [1.29, 1.82) is 0 Å². The van der Waals surface area contributed by atoms with Gasteiger partial charge in [0.05, 0.1) is 23.3 Å². The predicted molar refractivity (Wildman–Crippen MR) is 102 cm³/mol. The first-order valence-electron chi connectivity index (χ1n) is 8.17. The number of hydrogen-bond donors (Lipinski definition) is 1. The van der Waals surface area contributed by atoms with Crippen molar-refractivity contribution in [2.75, 3.05) is 11.9 Å². The zero-order valence-corrected chi connectivity index (χ0v) is 17.2. The van der Waals surface area contributed by atoms with Gasteiger partial charge in [-0.1, -0.05) is 11.6 Å². The summed E-state index contributed by atoms with van der Waals surface area (Å²) in [5.74, 6) is -1.82. The molecule has 0 saturated carbocycles. The maximum atomic E-state index is 12.5. The summed E-state index contributed by atoms with van der Waals surface area (Å²) in [4.78, 5) is 37.4. The fourth-order valence-corrected chi connectivity index (χ4v) is 3.64. The molecule has 0 unspecified atom stereocenters. The smallest absolute Gasteiger partial charge is 0.348 e. The molecule has 0 spiro atoms. The number of carbonyl (C=O) groups excluding carboxylic acids is 3. The highest BCUT2D eigenvalue weighted by Crippen LogP contribution is 2.35. The Kier molecular flexibility index (Phi) is 6.61. The highest BCUT2D eigenvalue weighted by Gasteiger charge is 2.29. The van der Waals surface area contributed by atoms with Gasteiger partial charge in [0.25, 0.3) is 5.91 Å². The van der Waals surface area contributed by atoms with Crippen LogP contribution in [0.3, 0.4) is 0 Å². The van der Waals surface area contributed by atoms with E-state index in [1.807, 2.05) is 0 Å². The van der Waals surface area contributed by atoms with Gasteiger partial charge in [-0.25, -0.2) is 9.59 Å². The van der Waals surface area contributed by atoms with E-state index in [2.05, 4.69) is 10.4 Å². The molecule has 2 aromatic rings. The molecular formula is C17H20ClN3O5S. The normalized spacial score (nSPS) is 10.8. The van der Waals surface area contributed by atoms with Gasteiger partial charge in [0.15, 0.2) is 5.69 Å². The standard InChI is InChI=1S/C17H20ClN3O5S/c1-6-25-17(24)13-9(4)11(16(23)26-8(2)3)15(27-13)19-14(22)12-10(18)7-21(5)20-12/h7-8H,6H2,1-5H3,(H,19,22). The molecule has 2 aromatic heterocycles. The van der Waals surface area contributed by atoms with Crippen LogP contribution >= 0.6 is 22.9 Å². The van der Waals surface area contributed by atoms with E-state index in [1.165, 1.54) is 10.9 Å². The third-order valence-electron chi connectivity index (χ3n) is 3.38. The molecule has 2 rings (SSSR count). The number of ether oxygens (including phenoxy) is 2. The van der Waals surface area contributed by atoms with E-state index in [0.29, 0.717) is 5.56 Å². The fraction of sp³-hybridized carbons (Fsp3) is 0.412. The highest BCUT2D eigenvalue weighted by molar-refractivity contribution is 7.18. The molecular weight excluding hydrogens is 394 g/mol. The number of nitrogens with zero attached hydrogens (tertiary/aromatic N) is 2. The SMILES string of the molecule is CCOC(=O)c1sc(NC(=O)c2nn(C)cc2Cl)c(C(=O)OC(C)C)c1C. The van der Waals surface area contributed by atoms with Crippen molar-refractivity contribution in [3.05, 3.63) is 32.9 Å². The first-order chi connectivity index (χ1) is 12.6. The van der Waals surface area contributed by atoms with Gasteiger partial charge in [0, 0.05) is 13.2 Å². The number of rotatable bonds is 6. The van der Waals surface area contributed by atoms with Crippen molar-refractivity contribution in [3.63, 3.8) is 0 Å². The van der Waals surface area contributed by atoms with E-state index < -0.39 is 17.8 Å². The summed E-state index contributed by atoms with van der Waals surface area (Å²) in [6.45, 7) is 6.88. The highest BCUT2D eigenvalue weighted by atomic mass is 35.5. The molecule has 0 fully saturated rings. The number of aromatic nitrogens is 2. The number of esters is 2. The number of halogens is 1. The van der Waals surface area contributed by atoms with Crippen molar-refractivity contribution in [3.8, 4) is 0 Å². The molecule has 0 aliphatic carbocycles. The third-order valence-corrected chi connectivity index (χ3v) is 4.84. The Hall–Kier alpha value is -2.39. The lowest BCUT2D eigenvalue weighted by Gasteiger charge is -2.10. The second-order valence-electron chi connectivity index (χ2n) is 5.89. The summed E-state index contributed by atoms with van der Waals surface area (Å²) >= 11 is 6.94. The Bertz CT molecular complexity index is 888. The molecule has 0 radical (unpaired) electrons. The van der Waals surface area contributed by atoms with E-state index in [9.17, 15) is 14.4 Å². The number of amides is 1. The van der Waals surface area contributed by atoms with Gasteiger partial charge in [0.1, 0.15) is 9.88 Å². The van der Waals surface area contributed by atoms with Crippen molar-refractivity contribution in [1.82, 2.24) is 9.78 Å². The summed E-state index contributed by atoms with van der Waals surface area (Å²) < 4.78 is 11.7. The molecule has 0 bridgehead atoms. The van der Waals surface area contributed by atoms with Crippen molar-refractivity contribution >= 4 is 45.8 Å². The zero-order chi connectivity index (χ0) is 20.3. The van der Waals surface area contributed by atoms with Gasteiger partial charge in [0.2, 0.25) is 0 Å². The first-order valence-corrected chi connectivity index (χ1v) is 9.37. The van der Waals surface area contributed by atoms with E-state index in [1.54, 1.807) is 34.7 Å². The lowest BCUT2D eigenvalue weighted by molar-refractivity contribution is 0.0379. The van der Waals surface area contributed by atoms with Gasteiger partial charge >= 0.3 is 11.9 Å². The Balaban J connectivity index is 2.45. The Morgan fingerprint density at radius 1 is 1.33 bits per heavy atom. The van der Waals surface area contributed by atoms with E-state index in [4.69, 9.17) is 21.1 Å². The zero-order valence-electron chi connectivity index (χ0n) is 15.6. The third kappa shape index (κ3) is 4.67. The van der Waals surface area contributed by atoms with Crippen molar-refractivity contribution in [2.45, 2.75) is 33.8 Å². The molecule has 27 heavy (non-hydrogen) atoms. The minimum Gasteiger partial charge on any atom is -0.462 e. The van der Waals surface area contributed by atoms with Crippen LogP contribution in [0, 0.1) is 6.92 Å². The van der Waals surface area contributed by atoms with Gasteiger partial charge in [-0.05, 0) is 33.3 Å². The number of anilines is 1. The van der Waals surface area contributed by atoms with E-state index >= 15 is 0 Å². The maximum absolute atomic E-state index is 12.5. The van der Waals surface area contributed by atoms with Crippen LogP contribution in [0.25, 0.3) is 0 Å². The minimum absolute atomic E-state index is 0.00563. The molecule has 2 heterocycles. The van der Waals surface area contributed by atoms with Gasteiger partial charge in [-0.15, -0.1) is 11.3 Å². The topological polar surface area (TPSA) is 99.5 Å². The fourth-order valence-electron chi connectivity index (χ4n) is 2.29. The summed E-state index contributed by atoms with van der Waals surface area (Å²) in [5, 5.41) is 6.94. The quantitative estimate of drug-likeness (QED) is 0.728. The second kappa shape index (κ2) is 8.53. The van der Waals surface area contributed by atoms with Crippen LogP contribution in [0.4, 0.5) is 5.00 Å². The van der Waals surface area contributed by atoms with Crippen molar-refractivity contribution < 1.29 is 23.9 Å². The van der Waals surface area contributed by atoms with Crippen LogP contribution in [0.2, 0.25) is 5.02 Å². The van der Waals surface area contributed by atoms with Crippen LogP contribution in [-0.2, 0) is 16.5 Å². The van der Waals surface area contributed by atoms with Gasteiger partial charge < -0.3 is 14.8 Å². The molecule has 0 aromatic carbocycles. The van der Waals surface area contributed by atoms with E-state index in [-0.39, 0.29) is 38.9 Å². The summed E-state index contributed by atoms with van der Waals surface area (Å²) in [6.07, 6.45) is 1.12. The monoisotopic (exact) mass is 413 g/mol. The molecule has 1 amide bonds. The minimum atomic E-state index is -0.642. The second-order valence-corrected chi connectivity index (χ2v) is 7.32. The molecule has 10 heteroatoms. The molecule has 8 nitrogen and oxygen atoms in total. The number of hydrogen-bond acceptors (Lipinski definition) is 7. The Morgan fingerprint density at radius 3 is 2.52 bits per heavy atom. The molecule has 0 aliphatic heterocycles. The molecule has 1 N–H and O–H groups in total. The maximum Gasteiger partial charge on any atom is 0.348 e. The number of nitrogens with one attached hydrogen (secondary N) is 1. The molecule has 0 aliphatic rings. The van der Waals surface area contributed by atoms with Crippen LogP contribution in [0.15, 0.2) is 6.20 Å². The lowest BCUT2D eigenvalue weighted by atomic mass is 10.1. The van der Waals surface area contributed by atoms with Gasteiger partial charge in [-0.2, -0.15) is 5.10 Å². The lowest BCUT2D eigenvalue weighted by Crippen LogP contribution is -2.17. The molecule has 146 valence electrons. The average molecular weight is 414 g/mol.